The third-order valence-electron chi connectivity index (χ3n) is 4.13. The molecule has 1 fully saturated rings. The maximum absolute atomic E-state index is 13.6. The smallest absolute Gasteiger partial charge is 0.253 e. The summed E-state index contributed by atoms with van der Waals surface area (Å²) in [4.78, 5) is 14.2. The lowest BCUT2D eigenvalue weighted by Crippen LogP contribution is -2.29. The molecular weight excluding hydrogens is 314 g/mol. The number of halogens is 2. The molecule has 2 aromatic carbocycles. The summed E-state index contributed by atoms with van der Waals surface area (Å²) in [7, 11) is 0. The lowest BCUT2D eigenvalue weighted by molar-refractivity contribution is 0.0787. The van der Waals surface area contributed by atoms with E-state index in [4.69, 9.17) is 10.5 Å². The van der Waals surface area contributed by atoms with Crippen LogP contribution in [0.3, 0.4) is 0 Å². The molecule has 0 aromatic heterocycles. The molecule has 3 rings (SSSR count). The Morgan fingerprint density at radius 2 is 1.96 bits per heavy atom. The van der Waals surface area contributed by atoms with Gasteiger partial charge in [-0.2, -0.15) is 0 Å². The summed E-state index contributed by atoms with van der Waals surface area (Å²) in [6.45, 7) is 1.97. The maximum atomic E-state index is 13.6. The van der Waals surface area contributed by atoms with Gasteiger partial charge in [-0.1, -0.05) is 0 Å². The second-order valence-corrected chi connectivity index (χ2v) is 5.84. The number of nitrogens with two attached hydrogens (primary N) is 1. The lowest BCUT2D eigenvalue weighted by atomic mass is 10.1. The van der Waals surface area contributed by atoms with Crippen molar-refractivity contribution in [2.24, 2.45) is 11.7 Å². The summed E-state index contributed by atoms with van der Waals surface area (Å²) >= 11 is 0. The second kappa shape index (κ2) is 6.97. The van der Waals surface area contributed by atoms with Gasteiger partial charge in [0.05, 0.1) is 0 Å². The predicted molar refractivity (Wildman–Crippen MR) is 85.9 cm³/mol. The normalized spacial score (nSPS) is 17.1. The molecule has 2 N–H and O–H groups in total. The minimum Gasteiger partial charge on any atom is -0.454 e. The van der Waals surface area contributed by atoms with Crippen LogP contribution in [0.1, 0.15) is 16.8 Å². The fourth-order valence-corrected chi connectivity index (χ4v) is 2.74. The number of nitrogens with zero attached hydrogens (tertiary/aromatic N) is 1. The quantitative estimate of drug-likeness (QED) is 0.935. The van der Waals surface area contributed by atoms with E-state index in [1.165, 1.54) is 6.07 Å². The Hall–Kier alpha value is -2.47. The van der Waals surface area contributed by atoms with Gasteiger partial charge in [0.1, 0.15) is 11.6 Å². The summed E-state index contributed by atoms with van der Waals surface area (Å²) in [6.07, 6.45) is 0.924. The fraction of sp³-hybridized carbons (Fsp3) is 0.278. The molecular formula is C18H18F2N2O2. The zero-order valence-corrected chi connectivity index (χ0v) is 13.0. The molecule has 1 amide bonds. The van der Waals surface area contributed by atoms with Crippen molar-refractivity contribution >= 4 is 5.91 Å². The summed E-state index contributed by atoms with van der Waals surface area (Å²) < 4.78 is 31.8. The van der Waals surface area contributed by atoms with E-state index in [-0.39, 0.29) is 11.7 Å². The molecule has 0 aliphatic carbocycles. The highest BCUT2D eigenvalue weighted by atomic mass is 19.1. The van der Waals surface area contributed by atoms with Crippen molar-refractivity contribution in [3.8, 4) is 11.5 Å². The van der Waals surface area contributed by atoms with Gasteiger partial charge in [-0.05, 0) is 55.3 Å². The lowest BCUT2D eigenvalue weighted by Gasteiger charge is -2.16. The van der Waals surface area contributed by atoms with Crippen LogP contribution >= 0.6 is 0 Å². The number of hydrogen-bond donors (Lipinski definition) is 1. The van der Waals surface area contributed by atoms with Crippen LogP contribution in [0.2, 0.25) is 0 Å². The van der Waals surface area contributed by atoms with Crippen molar-refractivity contribution < 1.29 is 18.3 Å². The van der Waals surface area contributed by atoms with Crippen LogP contribution in [0.4, 0.5) is 8.78 Å². The number of hydrogen-bond acceptors (Lipinski definition) is 3. The zero-order valence-electron chi connectivity index (χ0n) is 13.0. The Bertz CT molecular complexity index is 734. The van der Waals surface area contributed by atoms with Gasteiger partial charge >= 0.3 is 0 Å². The Labute approximate surface area is 138 Å². The summed E-state index contributed by atoms with van der Waals surface area (Å²) in [5.41, 5.74) is 6.18. The number of ether oxygens (including phenoxy) is 1. The Morgan fingerprint density at radius 3 is 2.58 bits per heavy atom. The van der Waals surface area contributed by atoms with Crippen LogP contribution in [0.5, 0.6) is 11.5 Å². The van der Waals surface area contributed by atoms with Crippen LogP contribution < -0.4 is 10.5 Å². The van der Waals surface area contributed by atoms with Crippen LogP contribution in [0.15, 0.2) is 42.5 Å². The molecule has 1 heterocycles. The molecule has 0 bridgehead atoms. The first-order chi connectivity index (χ1) is 11.6. The largest absolute Gasteiger partial charge is 0.454 e. The Kier molecular flexibility index (Phi) is 4.76. The minimum atomic E-state index is -0.778. The van der Waals surface area contributed by atoms with Gasteiger partial charge in [-0.3, -0.25) is 4.79 Å². The average Bonchev–Trinajstić information content (AvgIpc) is 3.06. The summed E-state index contributed by atoms with van der Waals surface area (Å²) in [6, 6.07) is 9.55. The third kappa shape index (κ3) is 3.54. The van der Waals surface area contributed by atoms with Crippen molar-refractivity contribution in [2.75, 3.05) is 19.6 Å². The van der Waals surface area contributed by atoms with E-state index in [0.717, 1.165) is 18.6 Å². The number of carbonyl (C=O) groups is 1. The molecule has 2 aromatic rings. The zero-order chi connectivity index (χ0) is 17.1. The van der Waals surface area contributed by atoms with Gasteiger partial charge in [-0.15, -0.1) is 0 Å². The van der Waals surface area contributed by atoms with E-state index >= 15 is 0 Å². The molecule has 1 aliphatic rings. The third-order valence-corrected chi connectivity index (χ3v) is 4.13. The van der Waals surface area contributed by atoms with Crippen molar-refractivity contribution in [2.45, 2.75) is 6.42 Å². The van der Waals surface area contributed by atoms with Crippen LogP contribution in [-0.4, -0.2) is 30.4 Å². The highest BCUT2D eigenvalue weighted by Crippen LogP contribution is 2.26. The molecule has 0 spiro atoms. The topological polar surface area (TPSA) is 55.6 Å². The van der Waals surface area contributed by atoms with E-state index in [2.05, 4.69) is 0 Å². The van der Waals surface area contributed by atoms with Gasteiger partial charge in [0.25, 0.3) is 5.91 Å². The summed E-state index contributed by atoms with van der Waals surface area (Å²) in [5, 5.41) is 0. The molecule has 4 nitrogen and oxygen atoms in total. The molecule has 0 radical (unpaired) electrons. The first-order valence-corrected chi connectivity index (χ1v) is 7.79. The highest BCUT2D eigenvalue weighted by molar-refractivity contribution is 5.94. The first kappa shape index (κ1) is 16.4. The van der Waals surface area contributed by atoms with Crippen LogP contribution in [-0.2, 0) is 0 Å². The molecule has 1 atom stereocenters. The van der Waals surface area contributed by atoms with Gasteiger partial charge in [0.15, 0.2) is 11.6 Å². The van der Waals surface area contributed by atoms with Gasteiger partial charge < -0.3 is 15.4 Å². The van der Waals surface area contributed by atoms with Crippen molar-refractivity contribution in [3.05, 3.63) is 59.7 Å². The number of likely N-dealkylation sites (tertiary alicyclic amines) is 1. The Balaban J connectivity index is 1.68. The van der Waals surface area contributed by atoms with E-state index in [9.17, 15) is 13.6 Å². The number of amides is 1. The van der Waals surface area contributed by atoms with Crippen molar-refractivity contribution in [1.82, 2.24) is 4.90 Å². The maximum Gasteiger partial charge on any atom is 0.253 e. The molecule has 126 valence electrons. The summed E-state index contributed by atoms with van der Waals surface area (Å²) in [5.74, 6) is -0.829. The number of carbonyl (C=O) groups excluding carboxylic acids is 1. The molecule has 1 saturated heterocycles. The molecule has 24 heavy (non-hydrogen) atoms. The first-order valence-electron chi connectivity index (χ1n) is 7.79. The minimum absolute atomic E-state index is 0.0505. The monoisotopic (exact) mass is 332 g/mol. The molecule has 0 saturated carbocycles. The van der Waals surface area contributed by atoms with Crippen molar-refractivity contribution in [1.29, 1.82) is 0 Å². The van der Waals surface area contributed by atoms with Crippen LogP contribution in [0, 0.1) is 17.6 Å². The standard InChI is InChI=1S/C18H18F2N2O2/c19-14-3-6-17(16(20)9-14)24-15-4-1-13(2-5-15)18(23)22-8-7-12(10-21)11-22/h1-6,9,12H,7-8,10-11,21H2/t12-/m1/s1. The molecule has 6 heteroatoms. The molecule has 0 unspecified atom stereocenters. The highest BCUT2D eigenvalue weighted by Gasteiger charge is 2.25. The van der Waals surface area contributed by atoms with Gasteiger partial charge in [0, 0.05) is 24.7 Å². The number of rotatable bonds is 4. The predicted octanol–water partition coefficient (Wildman–Crippen LogP) is 3.18. The van der Waals surface area contributed by atoms with E-state index in [0.29, 0.717) is 36.9 Å². The molecule has 1 aliphatic heterocycles. The van der Waals surface area contributed by atoms with E-state index in [1.54, 1.807) is 29.2 Å². The van der Waals surface area contributed by atoms with Gasteiger partial charge in [-0.25, -0.2) is 8.78 Å². The van der Waals surface area contributed by atoms with E-state index in [1.807, 2.05) is 0 Å². The van der Waals surface area contributed by atoms with Crippen LogP contribution in [0.25, 0.3) is 0 Å². The average molecular weight is 332 g/mol. The number of benzene rings is 2. The van der Waals surface area contributed by atoms with Gasteiger partial charge in [0.2, 0.25) is 0 Å². The second-order valence-electron chi connectivity index (χ2n) is 5.84. The SMILES string of the molecule is NC[C@H]1CCN(C(=O)c2ccc(Oc3ccc(F)cc3F)cc2)C1. The van der Waals surface area contributed by atoms with E-state index < -0.39 is 11.6 Å². The van der Waals surface area contributed by atoms with Crippen molar-refractivity contribution in [3.63, 3.8) is 0 Å². The Morgan fingerprint density at radius 1 is 1.21 bits per heavy atom. The fourth-order valence-electron chi connectivity index (χ4n) is 2.74.